The van der Waals surface area contributed by atoms with Crippen LogP contribution in [0, 0.1) is 0 Å². The summed E-state index contributed by atoms with van der Waals surface area (Å²) >= 11 is 0. The molecule has 33 heavy (non-hydrogen) atoms. The first-order valence-electron chi connectivity index (χ1n) is 11.9. The number of rotatable bonds is 6. The van der Waals surface area contributed by atoms with E-state index in [1.54, 1.807) is 0 Å². The fraction of sp³-hybridized carbons (Fsp3) is 0.286. The smallest absolute Gasteiger partial charge is 0.197 e. The average molecular weight is 440 g/mol. The minimum absolute atomic E-state index is 0.0151. The molecule has 2 heterocycles. The molecular formula is C28H29N3O2. The molecule has 5 rings (SSSR count). The van der Waals surface area contributed by atoms with E-state index in [4.69, 9.17) is 0 Å². The molecule has 0 saturated heterocycles. The highest BCUT2D eigenvalue weighted by Gasteiger charge is 2.17. The van der Waals surface area contributed by atoms with Gasteiger partial charge in [-0.2, -0.15) is 0 Å². The van der Waals surface area contributed by atoms with Gasteiger partial charge in [0.05, 0.1) is 21.9 Å². The van der Waals surface area contributed by atoms with E-state index in [0.717, 1.165) is 60.0 Å². The molecule has 0 aliphatic rings. The molecule has 0 radical (unpaired) electrons. The summed E-state index contributed by atoms with van der Waals surface area (Å²) in [4.78, 5) is 36.1. The molecule has 2 N–H and O–H groups in total. The number of para-hydroxylation sites is 1. The number of fused-ring (bicyclic) bond motifs is 4. The number of nitrogens with one attached hydrogen (secondary N) is 2. The Morgan fingerprint density at radius 2 is 1.33 bits per heavy atom. The molecule has 0 saturated carbocycles. The topological polar surface area (TPSA) is 69.0 Å². The Balaban J connectivity index is 1.84. The lowest BCUT2D eigenvalue weighted by Gasteiger charge is -2.27. The summed E-state index contributed by atoms with van der Waals surface area (Å²) in [5, 5.41) is 2.59. The van der Waals surface area contributed by atoms with Gasteiger partial charge in [0.1, 0.15) is 0 Å². The van der Waals surface area contributed by atoms with Crippen LogP contribution in [-0.4, -0.2) is 23.1 Å². The van der Waals surface area contributed by atoms with Crippen LogP contribution in [0.4, 0.5) is 5.69 Å². The van der Waals surface area contributed by atoms with Crippen molar-refractivity contribution in [2.24, 2.45) is 0 Å². The van der Waals surface area contributed by atoms with Gasteiger partial charge in [0, 0.05) is 40.5 Å². The predicted molar refractivity (Wildman–Crippen MR) is 140 cm³/mol. The second kappa shape index (κ2) is 8.39. The second-order valence-electron chi connectivity index (χ2n) is 8.72. The largest absolute Gasteiger partial charge is 0.371 e. The van der Waals surface area contributed by atoms with Gasteiger partial charge in [0.25, 0.3) is 0 Å². The maximum absolute atomic E-state index is 13.8. The Morgan fingerprint density at radius 3 is 2.00 bits per heavy atom. The fourth-order valence-electron chi connectivity index (χ4n) is 5.09. The molecule has 3 aromatic carbocycles. The van der Waals surface area contributed by atoms with E-state index in [-0.39, 0.29) is 10.9 Å². The van der Waals surface area contributed by atoms with Gasteiger partial charge < -0.3 is 14.9 Å². The normalized spacial score (nSPS) is 11.7. The summed E-state index contributed by atoms with van der Waals surface area (Å²) < 4.78 is 0. The molecule has 0 amide bonds. The van der Waals surface area contributed by atoms with E-state index in [9.17, 15) is 9.59 Å². The zero-order valence-corrected chi connectivity index (χ0v) is 19.4. The first kappa shape index (κ1) is 21.3. The van der Waals surface area contributed by atoms with Crippen LogP contribution in [0.25, 0.3) is 43.6 Å². The van der Waals surface area contributed by atoms with Gasteiger partial charge >= 0.3 is 0 Å². The van der Waals surface area contributed by atoms with Gasteiger partial charge in [-0.1, -0.05) is 32.9 Å². The molecule has 0 unspecified atom stereocenters. The first-order valence-corrected chi connectivity index (χ1v) is 11.9. The third kappa shape index (κ3) is 3.39. The van der Waals surface area contributed by atoms with Crippen molar-refractivity contribution in [1.82, 2.24) is 9.97 Å². The summed E-state index contributed by atoms with van der Waals surface area (Å²) in [5.74, 6) is 0. The van der Waals surface area contributed by atoms with Crippen LogP contribution in [0.3, 0.4) is 0 Å². The zero-order chi connectivity index (χ0) is 23.1. The monoisotopic (exact) mass is 439 g/mol. The summed E-state index contributed by atoms with van der Waals surface area (Å²) in [5.41, 5.74) is 5.19. The predicted octanol–water partition coefficient (Wildman–Crippen LogP) is 5.86. The molecule has 5 heteroatoms. The lowest BCUT2D eigenvalue weighted by Crippen LogP contribution is -2.26. The number of pyridine rings is 2. The van der Waals surface area contributed by atoms with E-state index in [1.165, 1.54) is 0 Å². The number of aryl methyl sites for hydroxylation is 1. The van der Waals surface area contributed by atoms with Crippen LogP contribution in [0.15, 0.2) is 58.1 Å². The van der Waals surface area contributed by atoms with E-state index < -0.39 is 0 Å². The highest BCUT2D eigenvalue weighted by Crippen LogP contribution is 2.30. The van der Waals surface area contributed by atoms with Gasteiger partial charge in [-0.3, -0.25) is 9.59 Å². The van der Waals surface area contributed by atoms with Crippen LogP contribution in [-0.2, 0) is 6.42 Å². The van der Waals surface area contributed by atoms with Crippen molar-refractivity contribution in [2.45, 2.75) is 40.0 Å². The highest BCUT2D eigenvalue weighted by atomic mass is 16.1. The second-order valence-corrected chi connectivity index (χ2v) is 8.72. The van der Waals surface area contributed by atoms with Gasteiger partial charge in [0.15, 0.2) is 10.9 Å². The Kier molecular flexibility index (Phi) is 5.41. The Bertz CT molecular complexity index is 1620. The molecule has 5 aromatic rings. The molecule has 2 aromatic heterocycles. The third-order valence-electron chi connectivity index (χ3n) is 6.55. The average Bonchev–Trinajstić information content (AvgIpc) is 2.83. The maximum Gasteiger partial charge on any atom is 0.197 e. The Labute approximate surface area is 192 Å². The summed E-state index contributed by atoms with van der Waals surface area (Å²) in [6.07, 6.45) is 2.89. The molecule has 0 spiro atoms. The maximum atomic E-state index is 13.8. The molecule has 0 bridgehead atoms. The zero-order valence-electron chi connectivity index (χ0n) is 19.4. The Morgan fingerprint density at radius 1 is 0.697 bits per heavy atom. The van der Waals surface area contributed by atoms with E-state index >= 15 is 0 Å². The lowest BCUT2D eigenvalue weighted by molar-refractivity contribution is 0.741. The number of H-pyrrole nitrogens is 2. The van der Waals surface area contributed by atoms with Crippen molar-refractivity contribution in [3.63, 3.8) is 0 Å². The highest BCUT2D eigenvalue weighted by molar-refractivity contribution is 6.03. The van der Waals surface area contributed by atoms with Crippen LogP contribution in [0.2, 0.25) is 0 Å². The first-order chi connectivity index (χ1) is 16.1. The van der Waals surface area contributed by atoms with Crippen LogP contribution < -0.4 is 15.8 Å². The molecule has 0 aliphatic heterocycles. The number of aromatic nitrogens is 2. The summed E-state index contributed by atoms with van der Waals surface area (Å²) in [6, 6.07) is 15.3. The van der Waals surface area contributed by atoms with Gasteiger partial charge in [-0.05, 0) is 61.2 Å². The fourth-order valence-corrected chi connectivity index (χ4v) is 5.09. The molecule has 0 atom stereocenters. The number of nitrogens with zero attached hydrogens (tertiary/aromatic N) is 1. The third-order valence-corrected chi connectivity index (χ3v) is 6.55. The molecular weight excluding hydrogens is 410 g/mol. The lowest BCUT2D eigenvalue weighted by atomic mass is 9.99. The number of hydrogen-bond acceptors (Lipinski definition) is 3. The molecule has 0 fully saturated rings. The van der Waals surface area contributed by atoms with E-state index in [0.29, 0.717) is 27.2 Å². The Hall–Kier alpha value is -3.60. The number of anilines is 1. The van der Waals surface area contributed by atoms with Crippen molar-refractivity contribution < 1.29 is 0 Å². The number of hydrogen-bond donors (Lipinski definition) is 2. The van der Waals surface area contributed by atoms with Crippen molar-refractivity contribution in [1.29, 1.82) is 0 Å². The standard InChI is InChI=1S/C28H29N3O2/c1-4-13-31(14-5-2)25-12-11-22-26(17(25)6-3)28(33)20-16-23-19(15-24(20)30-22)27(32)18-9-7-8-10-21(18)29-23/h7-12,15-16H,4-6,13-14H2,1-3H3,(H,29,32)(H,30,33). The summed E-state index contributed by atoms with van der Waals surface area (Å²) in [7, 11) is 0. The minimum Gasteiger partial charge on any atom is -0.371 e. The minimum atomic E-state index is -0.0263. The SMILES string of the molecule is CCCN(CCC)c1ccc2[nH]c3cc4c(=O)c5ccccc5[nH]c4cc3c(=O)c2c1CC. The van der Waals surface area contributed by atoms with Crippen molar-refractivity contribution in [3.8, 4) is 0 Å². The van der Waals surface area contributed by atoms with Crippen LogP contribution >= 0.6 is 0 Å². The van der Waals surface area contributed by atoms with E-state index in [2.05, 4.69) is 41.7 Å². The van der Waals surface area contributed by atoms with Gasteiger partial charge in [-0.25, -0.2) is 0 Å². The number of aromatic amines is 2. The van der Waals surface area contributed by atoms with Gasteiger partial charge in [-0.15, -0.1) is 0 Å². The van der Waals surface area contributed by atoms with Crippen molar-refractivity contribution in [2.75, 3.05) is 18.0 Å². The molecule has 0 aliphatic carbocycles. The van der Waals surface area contributed by atoms with E-state index in [1.807, 2.05) is 42.5 Å². The van der Waals surface area contributed by atoms with Crippen molar-refractivity contribution >= 4 is 49.3 Å². The van der Waals surface area contributed by atoms with Gasteiger partial charge in [0.2, 0.25) is 0 Å². The quantitative estimate of drug-likeness (QED) is 0.325. The summed E-state index contributed by atoms with van der Waals surface area (Å²) in [6.45, 7) is 8.42. The molecule has 5 nitrogen and oxygen atoms in total. The number of benzene rings is 3. The van der Waals surface area contributed by atoms with Crippen LogP contribution in [0.5, 0.6) is 0 Å². The molecule has 168 valence electrons. The van der Waals surface area contributed by atoms with Crippen LogP contribution in [0.1, 0.15) is 39.2 Å². The van der Waals surface area contributed by atoms with Crippen molar-refractivity contribution in [3.05, 3.63) is 74.5 Å².